The molecule has 4 aliphatic carbocycles. The quantitative estimate of drug-likeness (QED) is 0.0568. The second-order valence-electron chi connectivity index (χ2n) is 30.4. The Labute approximate surface area is 506 Å². The van der Waals surface area contributed by atoms with E-state index in [1.165, 1.54) is 313 Å². The predicted molar refractivity (Wildman–Crippen MR) is 367 cm³/mol. The average Bonchev–Trinajstić information content (AvgIpc) is 1.38. The van der Waals surface area contributed by atoms with E-state index in [1.807, 2.05) is 38.1 Å². The third kappa shape index (κ3) is 2.52. The summed E-state index contributed by atoms with van der Waals surface area (Å²) in [6, 6.07) is 4.06. The normalized spacial score (nSPS) is 23.6. The summed E-state index contributed by atoms with van der Waals surface area (Å²) in [6.45, 7) is 8.04. The lowest BCUT2D eigenvalue weighted by Gasteiger charge is -2.51. The minimum atomic E-state index is -1.25. The zero-order chi connectivity index (χ0) is 57.9. The summed E-state index contributed by atoms with van der Waals surface area (Å²) >= 11 is 0. The van der Waals surface area contributed by atoms with Crippen molar-refractivity contribution in [3.63, 3.8) is 0 Å². The van der Waals surface area contributed by atoms with Crippen molar-refractivity contribution in [2.24, 2.45) is 0 Å². The van der Waals surface area contributed by atoms with Gasteiger partial charge in [-0.05, 0) is 365 Å². The summed E-state index contributed by atoms with van der Waals surface area (Å²) in [5, 5.41) is 77.3. The fraction of sp³-hybridized carbons (Fsp3) is 0.171. The molecule has 92 heavy (non-hydrogen) atoms. The van der Waals surface area contributed by atoms with Crippen LogP contribution in [-0.4, -0.2) is 74.5 Å². The molecule has 0 N–H and O–H groups in total. The second-order valence-corrected chi connectivity index (χ2v) is 30.4. The fourth-order valence-electron chi connectivity index (χ4n) is 28.5. The minimum Gasteiger partial charge on any atom is -0.464 e. The van der Waals surface area contributed by atoms with Gasteiger partial charge in [0.05, 0.1) is 37.3 Å². The van der Waals surface area contributed by atoms with Crippen LogP contribution in [0.15, 0.2) is 24.3 Å². The molecule has 0 unspecified atom stereocenters. The number of carbonyl (C=O) groups is 4. The van der Waals surface area contributed by atoms with Crippen LogP contribution in [0.5, 0.6) is 0 Å². The Kier molecular flexibility index (Phi) is 4.39. The number of esters is 4. The maximum atomic E-state index is 17.3. The monoisotopic (exact) mass is 1170 g/mol. The number of carbonyl (C=O) groups excluding carboxylic acids is 4. The van der Waals surface area contributed by atoms with E-state index in [2.05, 4.69) is 4.90 Å². The van der Waals surface area contributed by atoms with Crippen LogP contribution in [-0.2, 0) is 49.0 Å². The molecule has 35 rings (SSSR count). The van der Waals surface area contributed by atoms with Crippen molar-refractivity contribution in [1.82, 2.24) is 0 Å². The molecule has 2 spiro atoms. The molecule has 4 atom stereocenters. The number of hydrogen-bond acceptors (Lipinski definition) is 10. The van der Waals surface area contributed by atoms with Crippen molar-refractivity contribution >= 4 is 326 Å². The number of nitrogens with zero attached hydrogens (tertiary/aromatic N) is 2. The van der Waals surface area contributed by atoms with Gasteiger partial charge in [0.2, 0.25) is 0 Å². The average molecular weight is 1170 g/mol. The lowest BCUT2D eigenvalue weighted by Crippen LogP contribution is -2.59. The Hall–Kier alpha value is -10.8. The summed E-state index contributed by atoms with van der Waals surface area (Å²) in [5.41, 5.74) is 3.75. The van der Waals surface area contributed by atoms with Gasteiger partial charge in [-0.1, -0.05) is 0 Å². The summed E-state index contributed by atoms with van der Waals surface area (Å²) < 4.78 is 24.9. The van der Waals surface area contributed by atoms with E-state index in [9.17, 15) is 9.59 Å². The van der Waals surface area contributed by atoms with Crippen LogP contribution in [0.2, 0.25) is 0 Å². The van der Waals surface area contributed by atoms with Crippen LogP contribution in [0.3, 0.4) is 0 Å². The summed E-state index contributed by atoms with van der Waals surface area (Å²) in [6.07, 6.45) is 0. The third-order valence-corrected chi connectivity index (χ3v) is 29.2. The Morgan fingerprint density at radius 1 is 0.250 bits per heavy atom. The van der Waals surface area contributed by atoms with E-state index in [4.69, 9.17) is 18.9 Å². The maximum absolute atomic E-state index is 17.3. The Morgan fingerprint density at radius 3 is 0.576 bits per heavy atom. The second kappa shape index (κ2) is 10.1. The molecule has 0 radical (unpaired) electrons. The molecule has 10 heteroatoms. The molecule has 2 saturated heterocycles. The Morgan fingerprint density at radius 2 is 0.402 bits per heavy atom. The van der Waals surface area contributed by atoms with Crippen LogP contribution in [0.25, 0.3) is 291 Å². The highest BCUT2D eigenvalue weighted by atomic mass is 16.6. The molecular formula is C82H28N2O8. The van der Waals surface area contributed by atoms with Crippen molar-refractivity contribution in [3.8, 4) is 0 Å². The number of benzene rings is 19. The van der Waals surface area contributed by atoms with Crippen LogP contribution in [0.4, 0.5) is 11.4 Å². The van der Waals surface area contributed by atoms with Crippen molar-refractivity contribution in [1.29, 1.82) is 0 Å². The van der Waals surface area contributed by atoms with E-state index in [1.54, 1.807) is 18.7 Å². The highest BCUT2D eigenvalue weighted by Gasteiger charge is 2.83. The van der Waals surface area contributed by atoms with Crippen LogP contribution in [0.1, 0.15) is 49.9 Å². The number of ether oxygens (including phenoxy) is 4. The van der Waals surface area contributed by atoms with Crippen molar-refractivity contribution < 1.29 is 38.1 Å². The zero-order valence-electron chi connectivity index (χ0n) is 48.6. The first-order valence-electron chi connectivity index (χ1n) is 33.5. The number of rotatable bonds is 10. The summed E-state index contributed by atoms with van der Waals surface area (Å²) in [5.74, 6) is -1.68. The van der Waals surface area contributed by atoms with E-state index in [-0.39, 0.29) is 38.4 Å². The topological polar surface area (TPSA) is 111 Å². The lowest BCUT2D eigenvalue weighted by molar-refractivity contribution is -0.147. The molecule has 414 valence electrons. The molecule has 2 aliphatic heterocycles. The maximum Gasteiger partial charge on any atom is 0.331 e. The Balaban J connectivity index is 0.895. The first kappa shape index (κ1) is 40.0. The highest BCUT2D eigenvalue weighted by Crippen LogP contribution is 2.87. The smallest absolute Gasteiger partial charge is 0.331 e. The minimum absolute atomic E-state index is 0.144. The molecule has 0 amide bonds. The van der Waals surface area contributed by atoms with Crippen molar-refractivity contribution in [2.75, 3.05) is 36.2 Å². The zero-order valence-corrected chi connectivity index (χ0v) is 48.6. The van der Waals surface area contributed by atoms with Gasteiger partial charge in [0, 0.05) is 11.4 Å². The Bertz CT molecular complexity index is 7710. The van der Waals surface area contributed by atoms with Gasteiger partial charge < -0.3 is 28.7 Å². The standard InChI is InChI=1S/C82H28N2O8/c1-5-89-77(85)73-74(78(86)90-6-2)83(73)13-9-11-14(12-10-13)84-75(79(87)91-7-3)81-69-61-53-43-33-25-17-15-16-19-23-21(17)29-37-31(23)41-35-27(19)28-20(16)24-22-18(15)26(25)34-40-30(22)38-32(24)42-36(28)46-45(35)55-49(41)59-51(37)57(47(53)39(29)33)65(69)67(59)71-63(55)64-56(46)50(42)60-52(38)58-48(40)54(44(34)43)62(61)70(81)66(58)68(60)72(64)82(71,81)76(84)80(88)92-8-4/h9-12,73-76H,5-8H2,1-4H3/t73-,74-,75-,76-,81?,82?/m0/s1. The molecule has 0 saturated carbocycles. The molecule has 2 fully saturated rings. The van der Waals surface area contributed by atoms with Crippen LogP contribution >= 0.6 is 0 Å². The largest absolute Gasteiger partial charge is 0.464 e. The van der Waals surface area contributed by atoms with Gasteiger partial charge in [-0.15, -0.1) is 0 Å². The molecule has 6 aliphatic rings. The predicted octanol–water partition coefficient (Wildman–Crippen LogP) is 17.4. The van der Waals surface area contributed by atoms with Crippen molar-refractivity contribution in [3.05, 3.63) is 46.5 Å². The van der Waals surface area contributed by atoms with Crippen LogP contribution < -0.4 is 9.80 Å². The number of anilines is 2. The van der Waals surface area contributed by atoms with E-state index in [0.29, 0.717) is 11.4 Å². The first-order valence-corrected chi connectivity index (χ1v) is 33.5. The lowest BCUT2D eigenvalue weighted by atomic mass is 9.46. The van der Waals surface area contributed by atoms with Crippen molar-refractivity contribution in [2.45, 2.75) is 62.7 Å². The molecule has 2 heterocycles. The van der Waals surface area contributed by atoms with Gasteiger partial charge in [0.1, 0.15) is 12.1 Å². The first-order chi connectivity index (χ1) is 45.4. The summed E-state index contributed by atoms with van der Waals surface area (Å²) in [4.78, 5) is 66.1. The molecular weight excluding hydrogens is 1140 g/mol. The molecule has 10 nitrogen and oxygen atoms in total. The third-order valence-electron chi connectivity index (χ3n) is 29.2. The number of hydrogen-bond donors (Lipinski definition) is 0. The fourth-order valence-corrected chi connectivity index (χ4v) is 28.5. The van der Waals surface area contributed by atoms with Gasteiger partial charge in [-0.2, -0.15) is 0 Å². The van der Waals surface area contributed by atoms with Gasteiger partial charge in [0.15, 0.2) is 12.1 Å². The van der Waals surface area contributed by atoms with E-state index in [0.717, 1.165) is 0 Å². The van der Waals surface area contributed by atoms with Gasteiger partial charge in [-0.3, -0.25) is 0 Å². The molecule has 29 aromatic rings. The van der Waals surface area contributed by atoms with Crippen LogP contribution in [0, 0.1) is 0 Å². The van der Waals surface area contributed by atoms with Gasteiger partial charge >= 0.3 is 23.9 Å². The highest BCUT2D eigenvalue weighted by molar-refractivity contribution is 6.82. The molecule has 0 aromatic heterocycles. The van der Waals surface area contributed by atoms with Gasteiger partial charge in [0.25, 0.3) is 0 Å². The van der Waals surface area contributed by atoms with E-state index >= 15 is 9.59 Å². The summed E-state index contributed by atoms with van der Waals surface area (Å²) in [7, 11) is 0. The molecule has 29 aromatic carbocycles. The SMILES string of the molecule is CCOC(=O)[C@@H]1[C@@H](C(=O)OCC)N1c1ccc(N2[C@@H](C(=O)OCC)C34c5c6c7c8c9c%10c(c%11c%12c3c3c5c5c%13c6c6c7c7c9c9c%14c%10c%10c%11c%11c%12c%12c3c3c5c5c%13c%13c6c6c7c9c7c9c%14c%10c%10c%11c%11c%12c3c3c5c5c%13c6c7c6c9c%10c%11c3c56)C84[C@@H]2C(=O)OCC)cc1. The van der Waals surface area contributed by atoms with E-state index < -0.39 is 46.9 Å². The van der Waals surface area contributed by atoms with Gasteiger partial charge in [-0.25, -0.2) is 19.2 Å². The molecule has 0 bridgehead atoms.